The lowest BCUT2D eigenvalue weighted by molar-refractivity contribution is 0.611. The quantitative estimate of drug-likeness (QED) is 0.848. The molecule has 1 aliphatic carbocycles. The van der Waals surface area contributed by atoms with Crippen LogP contribution in [-0.2, 0) is 0 Å². The number of thiazole rings is 1. The Labute approximate surface area is 105 Å². The van der Waals surface area contributed by atoms with E-state index in [9.17, 15) is 0 Å². The van der Waals surface area contributed by atoms with Crippen molar-refractivity contribution >= 4 is 34.0 Å². The molecule has 3 rings (SSSR count). The van der Waals surface area contributed by atoms with Crippen molar-refractivity contribution in [2.45, 2.75) is 31.2 Å². The summed E-state index contributed by atoms with van der Waals surface area (Å²) in [5.74, 6) is 0.502. The Bertz CT molecular complexity index is 450. The van der Waals surface area contributed by atoms with Gasteiger partial charge in [0.05, 0.1) is 15.2 Å². The summed E-state index contributed by atoms with van der Waals surface area (Å²) in [7, 11) is 0. The van der Waals surface area contributed by atoms with Gasteiger partial charge in [0.2, 0.25) is 0 Å². The maximum atomic E-state index is 6.10. The van der Waals surface area contributed by atoms with Gasteiger partial charge in [-0.2, -0.15) is 0 Å². The highest BCUT2D eigenvalue weighted by molar-refractivity contribution is 7.18. The van der Waals surface area contributed by atoms with Gasteiger partial charge in [0.25, 0.3) is 0 Å². The predicted molar refractivity (Wildman–Crippen MR) is 71.4 cm³/mol. The minimum atomic E-state index is 0. The maximum absolute atomic E-state index is 6.10. The zero-order chi connectivity index (χ0) is 10.3. The Kier molecular flexibility index (Phi) is 3.47. The Morgan fingerprint density at radius 3 is 2.75 bits per heavy atom. The summed E-state index contributed by atoms with van der Waals surface area (Å²) in [4.78, 5) is 4.68. The van der Waals surface area contributed by atoms with Crippen molar-refractivity contribution in [3.05, 3.63) is 29.3 Å². The SMILES string of the molecule is Cl.N[C@@H]1CCC[C@H]1c1nc2ccccc2s1. The summed E-state index contributed by atoms with van der Waals surface area (Å²) in [6.07, 6.45) is 3.61. The molecule has 2 atom stereocenters. The number of fused-ring (bicyclic) bond motifs is 1. The average molecular weight is 255 g/mol. The fourth-order valence-electron chi connectivity index (χ4n) is 2.34. The number of hydrogen-bond donors (Lipinski definition) is 1. The number of para-hydroxylation sites is 1. The summed E-state index contributed by atoms with van der Waals surface area (Å²) >= 11 is 1.81. The van der Waals surface area contributed by atoms with E-state index in [1.165, 1.54) is 22.5 Å². The molecule has 1 aromatic carbocycles. The molecule has 1 saturated carbocycles. The normalized spacial score (nSPS) is 24.6. The lowest BCUT2D eigenvalue weighted by Gasteiger charge is -2.10. The smallest absolute Gasteiger partial charge is 0.0984 e. The molecule has 0 saturated heterocycles. The molecule has 1 aromatic heterocycles. The molecule has 0 amide bonds. The first-order chi connectivity index (χ1) is 7.34. The molecule has 1 fully saturated rings. The van der Waals surface area contributed by atoms with Crippen molar-refractivity contribution in [2.75, 3.05) is 0 Å². The average Bonchev–Trinajstić information content (AvgIpc) is 2.82. The summed E-state index contributed by atoms with van der Waals surface area (Å²) in [6, 6.07) is 8.65. The van der Waals surface area contributed by atoms with Gasteiger partial charge in [-0.1, -0.05) is 18.6 Å². The molecule has 0 aliphatic heterocycles. The van der Waals surface area contributed by atoms with Crippen LogP contribution in [0.2, 0.25) is 0 Å². The Morgan fingerprint density at radius 2 is 2.06 bits per heavy atom. The number of halogens is 1. The fraction of sp³-hybridized carbons (Fsp3) is 0.417. The molecule has 2 aromatic rings. The molecule has 0 spiro atoms. The lowest BCUT2D eigenvalue weighted by atomic mass is 10.1. The molecule has 2 N–H and O–H groups in total. The number of rotatable bonds is 1. The zero-order valence-electron chi connectivity index (χ0n) is 8.93. The van der Waals surface area contributed by atoms with E-state index in [1.54, 1.807) is 0 Å². The molecule has 0 radical (unpaired) electrons. The van der Waals surface area contributed by atoms with Crippen LogP contribution in [0.1, 0.15) is 30.2 Å². The molecule has 1 aliphatic rings. The highest BCUT2D eigenvalue weighted by Crippen LogP contribution is 2.37. The third-order valence-electron chi connectivity index (χ3n) is 3.20. The van der Waals surface area contributed by atoms with E-state index >= 15 is 0 Å². The summed E-state index contributed by atoms with van der Waals surface area (Å²) in [5, 5.41) is 1.24. The van der Waals surface area contributed by atoms with Gasteiger partial charge >= 0.3 is 0 Å². The van der Waals surface area contributed by atoms with Crippen molar-refractivity contribution in [1.82, 2.24) is 4.98 Å². The van der Waals surface area contributed by atoms with Crippen LogP contribution in [0, 0.1) is 0 Å². The van der Waals surface area contributed by atoms with E-state index in [1.807, 2.05) is 17.4 Å². The van der Waals surface area contributed by atoms with Gasteiger partial charge in [-0.15, -0.1) is 23.7 Å². The number of hydrogen-bond acceptors (Lipinski definition) is 3. The second-order valence-electron chi connectivity index (χ2n) is 4.22. The first kappa shape index (κ1) is 11.8. The highest BCUT2D eigenvalue weighted by atomic mass is 35.5. The summed E-state index contributed by atoms with van der Waals surface area (Å²) in [6.45, 7) is 0. The highest BCUT2D eigenvalue weighted by Gasteiger charge is 2.27. The van der Waals surface area contributed by atoms with E-state index in [0.717, 1.165) is 11.9 Å². The van der Waals surface area contributed by atoms with Crippen LogP contribution in [0.15, 0.2) is 24.3 Å². The number of nitrogens with two attached hydrogens (primary N) is 1. The molecule has 4 heteroatoms. The predicted octanol–water partition coefficient (Wildman–Crippen LogP) is 3.31. The second-order valence-corrected chi connectivity index (χ2v) is 5.28. The van der Waals surface area contributed by atoms with Crippen molar-refractivity contribution in [3.8, 4) is 0 Å². The number of aromatic nitrogens is 1. The molecular formula is C12H15ClN2S. The van der Waals surface area contributed by atoms with Crippen LogP contribution in [0.3, 0.4) is 0 Å². The van der Waals surface area contributed by atoms with E-state index in [2.05, 4.69) is 23.2 Å². The molecule has 1 heterocycles. The largest absolute Gasteiger partial charge is 0.327 e. The zero-order valence-corrected chi connectivity index (χ0v) is 10.6. The minimum Gasteiger partial charge on any atom is -0.327 e. The van der Waals surface area contributed by atoms with Crippen LogP contribution >= 0.6 is 23.7 Å². The minimum absolute atomic E-state index is 0. The third-order valence-corrected chi connectivity index (χ3v) is 4.37. The van der Waals surface area contributed by atoms with Gasteiger partial charge in [0.15, 0.2) is 0 Å². The van der Waals surface area contributed by atoms with Crippen LogP contribution < -0.4 is 5.73 Å². The van der Waals surface area contributed by atoms with Gasteiger partial charge in [0, 0.05) is 12.0 Å². The molecule has 16 heavy (non-hydrogen) atoms. The van der Waals surface area contributed by atoms with Gasteiger partial charge in [-0.25, -0.2) is 4.98 Å². The van der Waals surface area contributed by atoms with E-state index in [0.29, 0.717) is 12.0 Å². The van der Waals surface area contributed by atoms with Crippen LogP contribution in [0.25, 0.3) is 10.2 Å². The van der Waals surface area contributed by atoms with Crippen LogP contribution in [0.4, 0.5) is 0 Å². The summed E-state index contributed by atoms with van der Waals surface area (Å²) < 4.78 is 1.28. The number of nitrogens with zero attached hydrogens (tertiary/aromatic N) is 1. The second kappa shape index (κ2) is 4.70. The fourth-order valence-corrected chi connectivity index (χ4v) is 3.52. The first-order valence-corrected chi connectivity index (χ1v) is 6.27. The maximum Gasteiger partial charge on any atom is 0.0984 e. The van der Waals surface area contributed by atoms with Crippen molar-refractivity contribution in [2.24, 2.45) is 5.73 Å². The molecular weight excluding hydrogens is 240 g/mol. The van der Waals surface area contributed by atoms with Crippen molar-refractivity contribution in [3.63, 3.8) is 0 Å². The Balaban J connectivity index is 0.000000963. The monoisotopic (exact) mass is 254 g/mol. The van der Waals surface area contributed by atoms with E-state index in [4.69, 9.17) is 5.73 Å². The van der Waals surface area contributed by atoms with E-state index < -0.39 is 0 Å². The Morgan fingerprint density at radius 1 is 1.25 bits per heavy atom. The topological polar surface area (TPSA) is 38.9 Å². The summed E-state index contributed by atoms with van der Waals surface area (Å²) in [5.41, 5.74) is 7.22. The lowest BCUT2D eigenvalue weighted by Crippen LogP contribution is -2.22. The number of benzene rings is 1. The third kappa shape index (κ3) is 1.95. The van der Waals surface area contributed by atoms with E-state index in [-0.39, 0.29) is 12.4 Å². The van der Waals surface area contributed by atoms with Gasteiger partial charge in [-0.05, 0) is 25.0 Å². The van der Waals surface area contributed by atoms with Crippen molar-refractivity contribution < 1.29 is 0 Å². The van der Waals surface area contributed by atoms with Gasteiger partial charge < -0.3 is 5.73 Å². The standard InChI is InChI=1S/C12H14N2S.ClH/c13-9-5-3-4-8(9)12-14-10-6-1-2-7-11(10)15-12;/h1-2,6-9H,3-5,13H2;1H/t8-,9-;/m1./s1. The van der Waals surface area contributed by atoms with Crippen LogP contribution in [-0.4, -0.2) is 11.0 Å². The molecule has 2 nitrogen and oxygen atoms in total. The van der Waals surface area contributed by atoms with Gasteiger partial charge in [0.1, 0.15) is 0 Å². The molecule has 0 bridgehead atoms. The van der Waals surface area contributed by atoms with Crippen molar-refractivity contribution in [1.29, 1.82) is 0 Å². The van der Waals surface area contributed by atoms with Crippen LogP contribution in [0.5, 0.6) is 0 Å². The molecule has 0 unspecified atom stereocenters. The molecule has 86 valence electrons. The first-order valence-electron chi connectivity index (χ1n) is 5.45. The Hall–Kier alpha value is -0.640. The van der Waals surface area contributed by atoms with Gasteiger partial charge in [-0.3, -0.25) is 0 Å².